The summed E-state index contributed by atoms with van der Waals surface area (Å²) in [5.74, 6) is -1.11. The van der Waals surface area contributed by atoms with Crippen molar-refractivity contribution in [2.75, 3.05) is 6.54 Å². The molecule has 1 aromatic rings. The van der Waals surface area contributed by atoms with Crippen molar-refractivity contribution in [2.24, 2.45) is 0 Å². The molecule has 1 saturated carbocycles. The molecule has 2 amide bonds. The zero-order valence-electron chi connectivity index (χ0n) is 10.6. The summed E-state index contributed by atoms with van der Waals surface area (Å²) in [7, 11) is 0. The summed E-state index contributed by atoms with van der Waals surface area (Å²) in [6, 6.07) is 5.61. The minimum absolute atomic E-state index is 0.0775. The maximum Gasteiger partial charge on any atom is 0.251 e. The van der Waals surface area contributed by atoms with Gasteiger partial charge in [0.2, 0.25) is 5.91 Å². The summed E-state index contributed by atoms with van der Waals surface area (Å²) < 4.78 is 12.9. The van der Waals surface area contributed by atoms with Gasteiger partial charge in [0.05, 0.1) is 6.54 Å². The number of hydrogen-bond acceptors (Lipinski definition) is 2. The van der Waals surface area contributed by atoms with Crippen LogP contribution in [0, 0.1) is 5.82 Å². The molecule has 0 unspecified atom stereocenters. The second-order valence-electron chi connectivity index (χ2n) is 4.74. The van der Waals surface area contributed by atoms with E-state index < -0.39 is 11.7 Å². The van der Waals surface area contributed by atoms with Crippen LogP contribution in [0.1, 0.15) is 36.0 Å². The molecule has 5 heteroatoms. The largest absolute Gasteiger partial charge is 0.352 e. The first kappa shape index (κ1) is 13.5. The van der Waals surface area contributed by atoms with E-state index in [2.05, 4.69) is 10.6 Å². The molecule has 0 spiro atoms. The van der Waals surface area contributed by atoms with Crippen LogP contribution < -0.4 is 10.6 Å². The molecule has 0 aliphatic heterocycles. The van der Waals surface area contributed by atoms with Gasteiger partial charge in [-0.1, -0.05) is 18.9 Å². The molecule has 0 aromatic heterocycles. The van der Waals surface area contributed by atoms with Gasteiger partial charge in [-0.3, -0.25) is 9.59 Å². The zero-order valence-corrected chi connectivity index (χ0v) is 10.6. The summed E-state index contributed by atoms with van der Waals surface area (Å²) in [5.41, 5.74) is 0.216. The molecule has 1 aliphatic rings. The highest BCUT2D eigenvalue weighted by Gasteiger charge is 2.17. The molecule has 2 rings (SSSR count). The minimum atomic E-state index is -0.469. The summed E-state index contributed by atoms with van der Waals surface area (Å²) >= 11 is 0. The van der Waals surface area contributed by atoms with Gasteiger partial charge in [0, 0.05) is 11.6 Å². The third-order valence-electron chi connectivity index (χ3n) is 3.22. The Morgan fingerprint density at radius 2 is 2.00 bits per heavy atom. The van der Waals surface area contributed by atoms with Gasteiger partial charge in [-0.05, 0) is 31.0 Å². The Bertz CT molecular complexity index is 470. The monoisotopic (exact) mass is 264 g/mol. The van der Waals surface area contributed by atoms with Crippen LogP contribution in [0.15, 0.2) is 24.3 Å². The molecule has 102 valence electrons. The maximum atomic E-state index is 12.9. The highest BCUT2D eigenvalue weighted by Crippen LogP contribution is 2.17. The van der Waals surface area contributed by atoms with E-state index in [1.54, 1.807) is 0 Å². The van der Waals surface area contributed by atoms with Crippen LogP contribution in [-0.2, 0) is 4.79 Å². The average Bonchev–Trinajstić information content (AvgIpc) is 2.88. The summed E-state index contributed by atoms with van der Waals surface area (Å²) in [4.78, 5) is 23.3. The molecule has 2 N–H and O–H groups in total. The lowest BCUT2D eigenvalue weighted by molar-refractivity contribution is -0.120. The van der Waals surface area contributed by atoms with Crippen molar-refractivity contribution in [3.63, 3.8) is 0 Å². The van der Waals surface area contributed by atoms with Crippen molar-refractivity contribution in [1.82, 2.24) is 10.6 Å². The van der Waals surface area contributed by atoms with E-state index in [-0.39, 0.29) is 24.1 Å². The first-order valence-electron chi connectivity index (χ1n) is 6.48. The van der Waals surface area contributed by atoms with Crippen LogP contribution in [-0.4, -0.2) is 24.4 Å². The average molecular weight is 264 g/mol. The summed E-state index contributed by atoms with van der Waals surface area (Å²) in [5, 5.41) is 5.35. The third-order valence-corrected chi connectivity index (χ3v) is 3.22. The quantitative estimate of drug-likeness (QED) is 0.868. The van der Waals surface area contributed by atoms with E-state index in [9.17, 15) is 14.0 Å². The van der Waals surface area contributed by atoms with Crippen molar-refractivity contribution >= 4 is 11.8 Å². The van der Waals surface area contributed by atoms with E-state index >= 15 is 0 Å². The highest BCUT2D eigenvalue weighted by atomic mass is 19.1. The summed E-state index contributed by atoms with van der Waals surface area (Å²) in [6.07, 6.45) is 4.29. The van der Waals surface area contributed by atoms with Gasteiger partial charge < -0.3 is 10.6 Å². The Morgan fingerprint density at radius 1 is 1.26 bits per heavy atom. The van der Waals surface area contributed by atoms with Gasteiger partial charge in [-0.2, -0.15) is 0 Å². The fourth-order valence-electron chi connectivity index (χ4n) is 2.24. The topological polar surface area (TPSA) is 58.2 Å². The number of halogens is 1. The Morgan fingerprint density at radius 3 is 2.68 bits per heavy atom. The number of amides is 2. The number of carbonyl (C=O) groups excluding carboxylic acids is 2. The van der Waals surface area contributed by atoms with Crippen molar-refractivity contribution < 1.29 is 14.0 Å². The first-order chi connectivity index (χ1) is 9.15. The predicted molar refractivity (Wildman–Crippen MR) is 69.1 cm³/mol. The van der Waals surface area contributed by atoms with Crippen LogP contribution in [0.25, 0.3) is 0 Å². The van der Waals surface area contributed by atoms with Gasteiger partial charge in [-0.15, -0.1) is 0 Å². The van der Waals surface area contributed by atoms with E-state index in [1.165, 1.54) is 18.2 Å². The molecule has 1 fully saturated rings. The van der Waals surface area contributed by atoms with Crippen LogP contribution in [0.5, 0.6) is 0 Å². The lowest BCUT2D eigenvalue weighted by atomic mass is 10.2. The number of nitrogens with one attached hydrogen (secondary N) is 2. The van der Waals surface area contributed by atoms with Crippen LogP contribution >= 0.6 is 0 Å². The first-order valence-corrected chi connectivity index (χ1v) is 6.48. The SMILES string of the molecule is O=C(CNC(=O)c1cccc(F)c1)NC1CCCC1. The van der Waals surface area contributed by atoms with Crippen molar-refractivity contribution in [3.05, 3.63) is 35.6 Å². The molecule has 1 aliphatic carbocycles. The molecule has 0 radical (unpaired) electrons. The van der Waals surface area contributed by atoms with Gasteiger partial charge in [0.1, 0.15) is 5.82 Å². The van der Waals surface area contributed by atoms with E-state index in [1.807, 2.05) is 0 Å². The molecule has 0 bridgehead atoms. The Balaban J connectivity index is 1.78. The number of benzene rings is 1. The molecular formula is C14H17FN2O2. The second kappa shape index (κ2) is 6.31. The zero-order chi connectivity index (χ0) is 13.7. The predicted octanol–water partition coefficient (Wildman–Crippen LogP) is 1.61. The maximum absolute atomic E-state index is 12.9. The lowest BCUT2D eigenvalue weighted by Gasteiger charge is -2.12. The Kier molecular flexibility index (Phi) is 4.49. The van der Waals surface area contributed by atoms with Crippen molar-refractivity contribution in [2.45, 2.75) is 31.7 Å². The van der Waals surface area contributed by atoms with Gasteiger partial charge in [-0.25, -0.2) is 4.39 Å². The minimum Gasteiger partial charge on any atom is -0.352 e. The number of rotatable bonds is 4. The standard InChI is InChI=1S/C14H17FN2O2/c15-11-5-3-4-10(8-11)14(19)16-9-13(18)17-12-6-1-2-7-12/h3-5,8,12H,1-2,6-7,9H2,(H,16,19)(H,17,18). The Hall–Kier alpha value is -1.91. The van der Waals surface area contributed by atoms with Gasteiger partial charge in [0.15, 0.2) is 0 Å². The molecule has 4 nitrogen and oxygen atoms in total. The van der Waals surface area contributed by atoms with Crippen LogP contribution in [0.2, 0.25) is 0 Å². The van der Waals surface area contributed by atoms with E-state index in [0.29, 0.717) is 0 Å². The Labute approximate surface area is 111 Å². The van der Waals surface area contributed by atoms with Crippen molar-refractivity contribution in [1.29, 1.82) is 0 Å². The third kappa shape index (κ3) is 4.05. The summed E-state index contributed by atoms with van der Waals surface area (Å²) in [6.45, 7) is -0.0775. The van der Waals surface area contributed by atoms with E-state index in [4.69, 9.17) is 0 Å². The van der Waals surface area contributed by atoms with Gasteiger partial charge in [0.25, 0.3) is 5.91 Å². The molecule has 0 atom stereocenters. The van der Waals surface area contributed by atoms with Crippen LogP contribution in [0.4, 0.5) is 4.39 Å². The smallest absolute Gasteiger partial charge is 0.251 e. The molecule has 0 heterocycles. The fourth-order valence-corrected chi connectivity index (χ4v) is 2.24. The second-order valence-corrected chi connectivity index (χ2v) is 4.74. The molecule has 19 heavy (non-hydrogen) atoms. The molecule has 0 saturated heterocycles. The normalized spacial score (nSPS) is 15.2. The van der Waals surface area contributed by atoms with Gasteiger partial charge >= 0.3 is 0 Å². The number of hydrogen-bond donors (Lipinski definition) is 2. The van der Waals surface area contributed by atoms with Crippen LogP contribution in [0.3, 0.4) is 0 Å². The fraction of sp³-hybridized carbons (Fsp3) is 0.429. The molecular weight excluding hydrogens is 247 g/mol. The van der Waals surface area contributed by atoms with Crippen molar-refractivity contribution in [3.8, 4) is 0 Å². The lowest BCUT2D eigenvalue weighted by Crippen LogP contribution is -2.40. The van der Waals surface area contributed by atoms with E-state index in [0.717, 1.165) is 31.7 Å². The highest BCUT2D eigenvalue weighted by molar-refractivity contribution is 5.96. The molecule has 1 aromatic carbocycles. The number of carbonyl (C=O) groups is 2.